The van der Waals surface area contributed by atoms with Gasteiger partial charge in [-0.25, -0.2) is 0 Å². The fourth-order valence-corrected chi connectivity index (χ4v) is 5.01. The molecule has 3 saturated carbocycles. The van der Waals surface area contributed by atoms with E-state index >= 15 is 0 Å². The summed E-state index contributed by atoms with van der Waals surface area (Å²) in [6, 6.07) is 8.57. The van der Waals surface area contributed by atoms with Gasteiger partial charge in [0.2, 0.25) is 0 Å². The molecular formula is C21H33NO. The summed E-state index contributed by atoms with van der Waals surface area (Å²) in [4.78, 5) is 0. The number of nitrogens with two attached hydrogens (primary N) is 1. The zero-order valence-electron chi connectivity index (χ0n) is 14.7. The number of rotatable bonds is 7. The number of benzene rings is 1. The Bertz CT molecular complexity index is 483. The summed E-state index contributed by atoms with van der Waals surface area (Å²) in [7, 11) is 0. The smallest absolute Gasteiger partial charge is 0.0624 e. The van der Waals surface area contributed by atoms with E-state index in [1.54, 1.807) is 0 Å². The van der Waals surface area contributed by atoms with Crippen LogP contribution >= 0.6 is 0 Å². The van der Waals surface area contributed by atoms with Gasteiger partial charge in [-0.15, -0.1) is 0 Å². The Morgan fingerprint density at radius 2 is 1.61 bits per heavy atom. The van der Waals surface area contributed by atoms with Crippen LogP contribution in [0.3, 0.4) is 0 Å². The molecular weight excluding hydrogens is 282 g/mol. The Hall–Kier alpha value is -0.860. The first-order chi connectivity index (χ1) is 11.1. The first-order valence-electron chi connectivity index (χ1n) is 9.60. The molecule has 1 aromatic carbocycles. The van der Waals surface area contributed by atoms with Gasteiger partial charge in [-0.2, -0.15) is 0 Å². The molecule has 2 nitrogen and oxygen atoms in total. The second-order valence-corrected chi connectivity index (χ2v) is 8.15. The normalized spacial score (nSPS) is 31.3. The van der Waals surface area contributed by atoms with Crippen molar-refractivity contribution in [1.29, 1.82) is 0 Å². The SMILES string of the molecule is CCCCCC12CCC(c3ccc(C(N)CO)cc3)(CC1)CC2. The molecule has 3 aliphatic rings. The molecule has 4 rings (SSSR count). The Morgan fingerprint density at radius 3 is 2.13 bits per heavy atom. The Morgan fingerprint density at radius 1 is 1.00 bits per heavy atom. The maximum atomic E-state index is 9.20. The van der Waals surface area contributed by atoms with Crippen molar-refractivity contribution < 1.29 is 5.11 Å². The van der Waals surface area contributed by atoms with E-state index in [4.69, 9.17) is 5.73 Å². The molecule has 2 bridgehead atoms. The number of fused-ring (bicyclic) bond motifs is 3. The molecule has 2 heteroatoms. The van der Waals surface area contributed by atoms with E-state index in [1.165, 1.54) is 69.8 Å². The van der Waals surface area contributed by atoms with Crippen molar-refractivity contribution in [1.82, 2.24) is 0 Å². The molecule has 0 heterocycles. The number of aliphatic hydroxyl groups excluding tert-OH is 1. The second kappa shape index (κ2) is 6.94. The molecule has 23 heavy (non-hydrogen) atoms. The summed E-state index contributed by atoms with van der Waals surface area (Å²) < 4.78 is 0. The highest BCUT2D eigenvalue weighted by Crippen LogP contribution is 2.59. The minimum Gasteiger partial charge on any atom is -0.394 e. The van der Waals surface area contributed by atoms with Crippen LogP contribution in [-0.2, 0) is 5.41 Å². The van der Waals surface area contributed by atoms with E-state index in [2.05, 4.69) is 31.2 Å². The first-order valence-corrected chi connectivity index (χ1v) is 9.60. The maximum Gasteiger partial charge on any atom is 0.0624 e. The standard InChI is InChI=1S/C21H33NO/c1-2-3-4-9-20-10-13-21(14-11-20,15-12-20)18-7-5-17(6-8-18)19(22)16-23/h5-8,19,23H,2-4,9-16,22H2,1H3. The molecule has 0 saturated heterocycles. The molecule has 0 aromatic heterocycles. The molecule has 0 aliphatic heterocycles. The van der Waals surface area contributed by atoms with Crippen LogP contribution in [0.1, 0.15) is 88.3 Å². The first kappa shape index (κ1) is 17.0. The number of unbranched alkanes of at least 4 members (excludes halogenated alkanes) is 2. The topological polar surface area (TPSA) is 46.2 Å². The molecule has 1 unspecified atom stereocenters. The van der Waals surface area contributed by atoms with Crippen molar-refractivity contribution >= 4 is 0 Å². The lowest BCUT2D eigenvalue weighted by atomic mass is 9.51. The van der Waals surface area contributed by atoms with Gasteiger partial charge in [-0.3, -0.25) is 0 Å². The maximum absolute atomic E-state index is 9.20. The van der Waals surface area contributed by atoms with Gasteiger partial charge in [-0.1, -0.05) is 50.5 Å². The predicted molar refractivity (Wildman–Crippen MR) is 96.4 cm³/mol. The van der Waals surface area contributed by atoms with Gasteiger partial charge in [0.15, 0.2) is 0 Å². The minimum atomic E-state index is -0.245. The third kappa shape index (κ3) is 3.34. The van der Waals surface area contributed by atoms with E-state index in [1.807, 2.05) is 0 Å². The van der Waals surface area contributed by atoms with Crippen LogP contribution in [0.5, 0.6) is 0 Å². The number of hydrogen-bond acceptors (Lipinski definition) is 2. The van der Waals surface area contributed by atoms with Crippen molar-refractivity contribution in [3.8, 4) is 0 Å². The van der Waals surface area contributed by atoms with Gasteiger partial charge in [0.1, 0.15) is 0 Å². The largest absolute Gasteiger partial charge is 0.394 e. The fraction of sp³-hybridized carbons (Fsp3) is 0.714. The van der Waals surface area contributed by atoms with Gasteiger partial charge in [0, 0.05) is 0 Å². The third-order valence-electron chi connectivity index (χ3n) is 6.86. The van der Waals surface area contributed by atoms with E-state index in [9.17, 15) is 5.11 Å². The average molecular weight is 316 g/mol. The Labute approximate surface area is 141 Å². The lowest BCUT2D eigenvalue weighted by Gasteiger charge is -2.54. The molecule has 3 N–H and O–H groups in total. The average Bonchev–Trinajstić information content (AvgIpc) is 2.63. The summed E-state index contributed by atoms with van der Waals surface area (Å²) in [5.74, 6) is 0. The van der Waals surface area contributed by atoms with Gasteiger partial charge in [0.05, 0.1) is 12.6 Å². The molecule has 0 radical (unpaired) electrons. The van der Waals surface area contributed by atoms with Crippen LogP contribution in [0.2, 0.25) is 0 Å². The molecule has 3 aliphatic carbocycles. The monoisotopic (exact) mass is 315 g/mol. The highest BCUT2D eigenvalue weighted by atomic mass is 16.3. The summed E-state index contributed by atoms with van der Waals surface area (Å²) in [5.41, 5.74) is 9.58. The quantitative estimate of drug-likeness (QED) is 0.706. The van der Waals surface area contributed by atoms with Crippen LogP contribution in [0.25, 0.3) is 0 Å². The summed E-state index contributed by atoms with van der Waals surface area (Å²) in [6.07, 6.45) is 14.0. The summed E-state index contributed by atoms with van der Waals surface area (Å²) >= 11 is 0. The van der Waals surface area contributed by atoms with Crippen LogP contribution in [-0.4, -0.2) is 11.7 Å². The number of hydrogen-bond donors (Lipinski definition) is 2. The highest BCUT2D eigenvalue weighted by molar-refractivity contribution is 5.32. The molecule has 0 spiro atoms. The number of aliphatic hydroxyl groups is 1. The van der Waals surface area contributed by atoms with Crippen molar-refractivity contribution in [3.63, 3.8) is 0 Å². The highest BCUT2D eigenvalue weighted by Gasteiger charge is 2.48. The zero-order chi connectivity index (χ0) is 16.3. The van der Waals surface area contributed by atoms with Crippen LogP contribution in [0.4, 0.5) is 0 Å². The second-order valence-electron chi connectivity index (χ2n) is 8.15. The van der Waals surface area contributed by atoms with Gasteiger partial charge < -0.3 is 10.8 Å². The van der Waals surface area contributed by atoms with Crippen molar-refractivity contribution in [2.45, 2.75) is 82.6 Å². The van der Waals surface area contributed by atoms with Gasteiger partial charge >= 0.3 is 0 Å². The molecule has 128 valence electrons. The van der Waals surface area contributed by atoms with Crippen molar-refractivity contribution in [2.75, 3.05) is 6.61 Å². The molecule has 0 amide bonds. The minimum absolute atomic E-state index is 0.0186. The molecule has 1 atom stereocenters. The third-order valence-corrected chi connectivity index (χ3v) is 6.86. The summed E-state index contributed by atoms with van der Waals surface area (Å²) in [5, 5.41) is 9.20. The van der Waals surface area contributed by atoms with Gasteiger partial charge in [0.25, 0.3) is 0 Å². The van der Waals surface area contributed by atoms with E-state index < -0.39 is 0 Å². The Balaban J connectivity index is 1.67. The van der Waals surface area contributed by atoms with Crippen LogP contribution < -0.4 is 5.73 Å². The lowest BCUT2D eigenvalue weighted by Crippen LogP contribution is -2.44. The fourth-order valence-electron chi connectivity index (χ4n) is 5.01. The van der Waals surface area contributed by atoms with E-state index in [0.717, 1.165) is 5.56 Å². The Kier molecular flexibility index (Phi) is 5.13. The summed E-state index contributed by atoms with van der Waals surface area (Å²) in [6.45, 7) is 2.32. The van der Waals surface area contributed by atoms with E-state index in [0.29, 0.717) is 10.8 Å². The lowest BCUT2D eigenvalue weighted by molar-refractivity contribution is 0.0305. The predicted octanol–water partition coefficient (Wildman–Crippen LogP) is 4.85. The van der Waals surface area contributed by atoms with Crippen LogP contribution in [0, 0.1) is 5.41 Å². The molecule has 3 fully saturated rings. The van der Waals surface area contributed by atoms with Crippen LogP contribution in [0.15, 0.2) is 24.3 Å². The van der Waals surface area contributed by atoms with Crippen molar-refractivity contribution in [3.05, 3.63) is 35.4 Å². The van der Waals surface area contributed by atoms with Crippen molar-refractivity contribution in [2.24, 2.45) is 11.1 Å². The van der Waals surface area contributed by atoms with Gasteiger partial charge in [-0.05, 0) is 66.9 Å². The molecule has 1 aromatic rings. The zero-order valence-corrected chi connectivity index (χ0v) is 14.7. The van der Waals surface area contributed by atoms with E-state index in [-0.39, 0.29) is 12.6 Å².